The third-order valence-corrected chi connectivity index (χ3v) is 5.20. The molecular weight excluding hydrogens is 364 g/mol. The van der Waals surface area contributed by atoms with Gasteiger partial charge >= 0.3 is 0 Å². The number of imidazole rings is 1. The van der Waals surface area contributed by atoms with Crippen LogP contribution >= 0.6 is 0 Å². The average Bonchev–Trinajstić information content (AvgIpc) is 3.22. The van der Waals surface area contributed by atoms with Crippen LogP contribution in [0.15, 0.2) is 72.8 Å². The minimum absolute atomic E-state index is 0.489. The number of H-pyrrole nitrogens is 1. The lowest BCUT2D eigenvalue weighted by Gasteiger charge is -2.06. The Labute approximate surface area is 181 Å². The summed E-state index contributed by atoms with van der Waals surface area (Å²) in [7, 11) is 0. The molecule has 3 aromatic carbocycles. The summed E-state index contributed by atoms with van der Waals surface area (Å²) >= 11 is 0. The van der Waals surface area contributed by atoms with E-state index in [1.54, 1.807) is 0 Å². The second-order valence-electron chi connectivity index (χ2n) is 7.82. The van der Waals surface area contributed by atoms with Gasteiger partial charge < -0.3 is 4.98 Å². The summed E-state index contributed by atoms with van der Waals surface area (Å²) in [6, 6.07) is 25.9. The zero-order valence-electron chi connectivity index (χ0n) is 19.0. The maximum absolute atomic E-state index is 5.02. The molecule has 0 saturated carbocycles. The molecule has 0 fully saturated rings. The molecule has 0 aliphatic rings. The summed E-state index contributed by atoms with van der Waals surface area (Å²) in [6.45, 7) is 12.7. The Morgan fingerprint density at radius 1 is 0.700 bits per heavy atom. The van der Waals surface area contributed by atoms with Crippen molar-refractivity contribution < 1.29 is 0 Å². The third kappa shape index (κ3) is 4.71. The SMILES string of the molecule is CC.Cc1ccc(-c2nc(-c3cccc(C(C)C)c3)[nH]c2-c2ccc(C)cc2)cc1. The van der Waals surface area contributed by atoms with Crippen molar-refractivity contribution in [3.8, 4) is 33.9 Å². The van der Waals surface area contributed by atoms with Gasteiger partial charge in [0.2, 0.25) is 0 Å². The third-order valence-electron chi connectivity index (χ3n) is 5.20. The molecule has 1 N–H and O–H groups in total. The van der Waals surface area contributed by atoms with Crippen LogP contribution in [0.4, 0.5) is 0 Å². The van der Waals surface area contributed by atoms with Gasteiger partial charge in [0.1, 0.15) is 5.82 Å². The molecule has 0 radical (unpaired) electrons. The summed E-state index contributed by atoms with van der Waals surface area (Å²) in [5, 5.41) is 0. The van der Waals surface area contributed by atoms with Crippen molar-refractivity contribution in [3.63, 3.8) is 0 Å². The van der Waals surface area contributed by atoms with E-state index in [0.717, 1.165) is 33.9 Å². The van der Waals surface area contributed by atoms with Crippen LogP contribution in [0.1, 0.15) is 50.3 Å². The Kier molecular flexibility index (Phi) is 6.89. The molecule has 0 atom stereocenters. The Bertz CT molecular complexity index is 1020. The Hall–Kier alpha value is -3.13. The number of nitrogens with zero attached hydrogens (tertiary/aromatic N) is 1. The minimum atomic E-state index is 0.489. The standard InChI is InChI=1S/C26H26N2.C2H6/c1-17(2)22-6-5-7-23(16-22)26-27-24(20-12-8-18(3)9-13-20)25(28-26)21-14-10-19(4)11-15-21;1-2/h5-17H,1-4H3,(H,27,28);1-2H3. The van der Waals surface area contributed by atoms with E-state index in [1.165, 1.54) is 16.7 Å². The van der Waals surface area contributed by atoms with Crippen molar-refractivity contribution in [1.82, 2.24) is 9.97 Å². The molecule has 4 aromatic rings. The van der Waals surface area contributed by atoms with Crippen LogP contribution in [0.5, 0.6) is 0 Å². The van der Waals surface area contributed by atoms with Gasteiger partial charge in [0.05, 0.1) is 11.4 Å². The first-order chi connectivity index (χ1) is 14.5. The van der Waals surface area contributed by atoms with Gasteiger partial charge in [-0.2, -0.15) is 0 Å². The van der Waals surface area contributed by atoms with Crippen molar-refractivity contribution in [1.29, 1.82) is 0 Å². The van der Waals surface area contributed by atoms with E-state index < -0.39 is 0 Å². The molecule has 1 heterocycles. The lowest BCUT2D eigenvalue weighted by Crippen LogP contribution is -1.88. The van der Waals surface area contributed by atoms with Crippen LogP contribution in [0.2, 0.25) is 0 Å². The number of benzene rings is 3. The van der Waals surface area contributed by atoms with Gasteiger partial charge in [-0.05, 0) is 31.4 Å². The molecule has 4 rings (SSSR count). The summed E-state index contributed by atoms with van der Waals surface area (Å²) in [5.41, 5.74) is 9.29. The van der Waals surface area contributed by atoms with E-state index >= 15 is 0 Å². The Morgan fingerprint density at radius 3 is 1.83 bits per heavy atom. The zero-order chi connectivity index (χ0) is 21.7. The zero-order valence-corrected chi connectivity index (χ0v) is 19.0. The number of hydrogen-bond acceptors (Lipinski definition) is 1. The minimum Gasteiger partial charge on any atom is -0.337 e. The fraction of sp³-hybridized carbons (Fsp3) is 0.250. The number of hydrogen-bond donors (Lipinski definition) is 1. The maximum Gasteiger partial charge on any atom is 0.138 e. The quantitative estimate of drug-likeness (QED) is 0.370. The number of aromatic nitrogens is 2. The molecule has 0 spiro atoms. The van der Waals surface area contributed by atoms with Crippen molar-refractivity contribution in [2.45, 2.75) is 47.5 Å². The fourth-order valence-corrected chi connectivity index (χ4v) is 3.40. The maximum atomic E-state index is 5.02. The molecule has 0 bridgehead atoms. The van der Waals surface area contributed by atoms with Crippen LogP contribution in [0.25, 0.3) is 33.9 Å². The van der Waals surface area contributed by atoms with Crippen LogP contribution in [0.3, 0.4) is 0 Å². The largest absolute Gasteiger partial charge is 0.337 e. The summed E-state index contributed by atoms with van der Waals surface area (Å²) < 4.78 is 0. The van der Waals surface area contributed by atoms with Gasteiger partial charge in [0, 0.05) is 16.7 Å². The molecule has 1 aromatic heterocycles. The van der Waals surface area contributed by atoms with E-state index in [2.05, 4.69) is 105 Å². The monoisotopic (exact) mass is 396 g/mol. The van der Waals surface area contributed by atoms with Gasteiger partial charge in [-0.15, -0.1) is 0 Å². The highest BCUT2D eigenvalue weighted by Gasteiger charge is 2.15. The topological polar surface area (TPSA) is 28.7 Å². The molecule has 30 heavy (non-hydrogen) atoms. The predicted molar refractivity (Wildman–Crippen MR) is 130 cm³/mol. The van der Waals surface area contributed by atoms with Gasteiger partial charge in [-0.1, -0.05) is 106 Å². The van der Waals surface area contributed by atoms with Crippen LogP contribution < -0.4 is 0 Å². The average molecular weight is 397 g/mol. The molecule has 0 unspecified atom stereocenters. The second-order valence-corrected chi connectivity index (χ2v) is 7.82. The van der Waals surface area contributed by atoms with Crippen molar-refractivity contribution in [2.75, 3.05) is 0 Å². The second kappa shape index (κ2) is 9.58. The van der Waals surface area contributed by atoms with E-state index in [1.807, 2.05) is 13.8 Å². The van der Waals surface area contributed by atoms with E-state index in [-0.39, 0.29) is 0 Å². The predicted octanol–water partition coefficient (Wildman–Crippen LogP) is 8.18. The summed E-state index contributed by atoms with van der Waals surface area (Å²) in [6.07, 6.45) is 0. The molecule has 2 heteroatoms. The number of aromatic amines is 1. The van der Waals surface area contributed by atoms with E-state index in [9.17, 15) is 0 Å². The van der Waals surface area contributed by atoms with Crippen molar-refractivity contribution in [3.05, 3.63) is 89.5 Å². The lowest BCUT2D eigenvalue weighted by atomic mass is 10.0. The van der Waals surface area contributed by atoms with E-state index in [0.29, 0.717) is 5.92 Å². The van der Waals surface area contributed by atoms with Gasteiger partial charge in [-0.25, -0.2) is 4.98 Å². The summed E-state index contributed by atoms with van der Waals surface area (Å²) in [5.74, 6) is 1.40. The normalized spacial score (nSPS) is 10.6. The molecule has 0 saturated heterocycles. The first-order valence-electron chi connectivity index (χ1n) is 10.9. The molecule has 0 amide bonds. The highest BCUT2D eigenvalue weighted by atomic mass is 14.9. The number of nitrogens with one attached hydrogen (secondary N) is 1. The molecular formula is C28H32N2. The van der Waals surface area contributed by atoms with Crippen molar-refractivity contribution >= 4 is 0 Å². The van der Waals surface area contributed by atoms with Crippen molar-refractivity contribution in [2.24, 2.45) is 0 Å². The lowest BCUT2D eigenvalue weighted by molar-refractivity contribution is 0.867. The van der Waals surface area contributed by atoms with E-state index in [4.69, 9.17) is 4.98 Å². The van der Waals surface area contributed by atoms with Crippen LogP contribution in [0, 0.1) is 13.8 Å². The Balaban J connectivity index is 0.00000124. The fourth-order valence-electron chi connectivity index (χ4n) is 3.40. The van der Waals surface area contributed by atoms with Gasteiger partial charge in [0.15, 0.2) is 0 Å². The Morgan fingerprint density at radius 2 is 1.27 bits per heavy atom. The molecule has 154 valence electrons. The number of rotatable bonds is 4. The molecule has 0 aliphatic carbocycles. The van der Waals surface area contributed by atoms with Gasteiger partial charge in [0.25, 0.3) is 0 Å². The van der Waals surface area contributed by atoms with Crippen LogP contribution in [-0.2, 0) is 0 Å². The smallest absolute Gasteiger partial charge is 0.138 e. The first kappa shape index (κ1) is 21.6. The van der Waals surface area contributed by atoms with Crippen LogP contribution in [-0.4, -0.2) is 9.97 Å². The molecule has 0 aliphatic heterocycles. The highest BCUT2D eigenvalue weighted by molar-refractivity contribution is 5.81. The molecule has 2 nitrogen and oxygen atoms in total. The first-order valence-corrected chi connectivity index (χ1v) is 10.9. The highest BCUT2D eigenvalue weighted by Crippen LogP contribution is 2.34. The number of aryl methyl sites for hydroxylation is 2. The summed E-state index contributed by atoms with van der Waals surface area (Å²) in [4.78, 5) is 8.63. The van der Waals surface area contributed by atoms with Gasteiger partial charge in [-0.3, -0.25) is 0 Å².